The first kappa shape index (κ1) is 18.7. The molecule has 0 aliphatic carbocycles. The van der Waals surface area contributed by atoms with Crippen LogP contribution in [0.4, 0.5) is 0 Å². The summed E-state index contributed by atoms with van der Waals surface area (Å²) in [4.78, 5) is 30.6. The zero-order valence-corrected chi connectivity index (χ0v) is 15.2. The third kappa shape index (κ3) is 5.49. The number of likely N-dealkylation sites (tertiary alicyclic amines) is 1. The zero-order chi connectivity index (χ0) is 17.4. The van der Waals surface area contributed by atoms with Gasteiger partial charge in [-0.2, -0.15) is 0 Å². The Bertz CT molecular complexity index is 559. The average molecular weight is 350 g/mol. The van der Waals surface area contributed by atoms with Crippen LogP contribution < -0.4 is 10.6 Å². The Morgan fingerprint density at radius 3 is 2.79 bits per heavy atom. The van der Waals surface area contributed by atoms with Crippen LogP contribution in [0.3, 0.4) is 0 Å². The van der Waals surface area contributed by atoms with E-state index in [1.165, 1.54) is 11.8 Å². The molecule has 1 saturated heterocycles. The summed E-state index contributed by atoms with van der Waals surface area (Å²) in [6.45, 7) is 4.87. The van der Waals surface area contributed by atoms with Crippen LogP contribution in [-0.4, -0.2) is 60.2 Å². The molecule has 6 nitrogen and oxygen atoms in total. The van der Waals surface area contributed by atoms with Crippen molar-refractivity contribution in [2.24, 2.45) is 0 Å². The predicted molar refractivity (Wildman–Crippen MR) is 96.2 cm³/mol. The summed E-state index contributed by atoms with van der Waals surface area (Å²) in [5.41, 5.74) is 0.631. The van der Waals surface area contributed by atoms with Crippen LogP contribution in [0.1, 0.15) is 36.5 Å². The normalized spacial score (nSPS) is 15.9. The van der Waals surface area contributed by atoms with Gasteiger partial charge in [0.15, 0.2) is 0 Å². The third-order valence-electron chi connectivity index (χ3n) is 4.07. The van der Waals surface area contributed by atoms with Crippen LogP contribution in [0, 0.1) is 0 Å². The second-order valence-electron chi connectivity index (χ2n) is 5.93. The van der Waals surface area contributed by atoms with E-state index >= 15 is 0 Å². The Labute approximate surface area is 147 Å². The van der Waals surface area contributed by atoms with Crippen LogP contribution in [-0.2, 0) is 4.79 Å². The van der Waals surface area contributed by atoms with Crippen molar-refractivity contribution in [2.75, 3.05) is 32.4 Å². The summed E-state index contributed by atoms with van der Waals surface area (Å²) in [5.74, 6) is 0.0193. The molecule has 2 N–H and O–H groups in total. The van der Waals surface area contributed by atoms with Crippen LogP contribution >= 0.6 is 11.8 Å². The molecule has 7 heteroatoms. The van der Waals surface area contributed by atoms with Gasteiger partial charge >= 0.3 is 0 Å². The lowest BCUT2D eigenvalue weighted by Crippen LogP contribution is -2.47. The van der Waals surface area contributed by atoms with E-state index in [0.717, 1.165) is 43.9 Å². The highest BCUT2D eigenvalue weighted by Gasteiger charge is 2.23. The predicted octanol–water partition coefficient (Wildman–Crippen LogP) is 1.52. The number of amides is 2. The van der Waals surface area contributed by atoms with Gasteiger partial charge in [-0.25, -0.2) is 4.98 Å². The Kier molecular flexibility index (Phi) is 7.52. The fraction of sp³-hybridized carbons (Fsp3) is 0.588. The van der Waals surface area contributed by atoms with Crippen molar-refractivity contribution in [2.45, 2.75) is 37.3 Å². The number of nitrogens with one attached hydrogen (secondary N) is 2. The monoisotopic (exact) mass is 350 g/mol. The first-order valence-electron chi connectivity index (χ1n) is 8.43. The molecule has 1 aliphatic heterocycles. The Morgan fingerprint density at radius 2 is 2.12 bits per heavy atom. The minimum atomic E-state index is -0.0633. The van der Waals surface area contributed by atoms with Crippen molar-refractivity contribution in [3.8, 4) is 0 Å². The molecule has 0 unspecified atom stereocenters. The molecule has 1 aliphatic rings. The highest BCUT2D eigenvalue weighted by Crippen LogP contribution is 2.18. The maximum atomic E-state index is 12.4. The number of hydrogen-bond donors (Lipinski definition) is 2. The number of pyridine rings is 1. The Balaban J connectivity index is 1.78. The van der Waals surface area contributed by atoms with Gasteiger partial charge in [-0.1, -0.05) is 6.92 Å². The average Bonchev–Trinajstić information content (AvgIpc) is 2.61. The van der Waals surface area contributed by atoms with Crippen LogP contribution in [0.2, 0.25) is 0 Å². The number of carbonyl (C=O) groups is 2. The second kappa shape index (κ2) is 9.64. The summed E-state index contributed by atoms with van der Waals surface area (Å²) in [6.07, 6.45) is 6.29. The molecule has 2 heterocycles. The van der Waals surface area contributed by atoms with E-state index in [4.69, 9.17) is 0 Å². The Morgan fingerprint density at radius 1 is 1.38 bits per heavy atom. The lowest BCUT2D eigenvalue weighted by Gasteiger charge is -2.31. The van der Waals surface area contributed by atoms with Gasteiger partial charge in [0.1, 0.15) is 5.03 Å². The topological polar surface area (TPSA) is 74.3 Å². The molecule has 1 aromatic heterocycles. The van der Waals surface area contributed by atoms with Crippen LogP contribution in [0.15, 0.2) is 23.4 Å². The number of nitrogens with zero attached hydrogens (tertiary/aromatic N) is 2. The van der Waals surface area contributed by atoms with Gasteiger partial charge < -0.3 is 10.6 Å². The molecule has 0 aromatic carbocycles. The second-order valence-corrected chi connectivity index (χ2v) is 6.73. The fourth-order valence-electron chi connectivity index (χ4n) is 2.75. The van der Waals surface area contributed by atoms with Crippen molar-refractivity contribution in [1.29, 1.82) is 0 Å². The van der Waals surface area contributed by atoms with Gasteiger partial charge in [0.05, 0.1) is 12.1 Å². The number of carbonyl (C=O) groups excluding carboxylic acids is 2. The summed E-state index contributed by atoms with van der Waals surface area (Å²) in [7, 11) is 0. The summed E-state index contributed by atoms with van der Waals surface area (Å²) < 4.78 is 0. The molecule has 0 atom stereocenters. The lowest BCUT2D eigenvalue weighted by atomic mass is 10.0. The molecule has 2 amide bonds. The number of hydrogen-bond acceptors (Lipinski definition) is 5. The molecule has 0 saturated carbocycles. The number of piperidine rings is 1. The molecule has 1 aromatic rings. The largest absolute Gasteiger partial charge is 0.355 e. The molecule has 1 fully saturated rings. The number of aromatic nitrogens is 1. The highest BCUT2D eigenvalue weighted by atomic mass is 32.2. The lowest BCUT2D eigenvalue weighted by molar-refractivity contribution is -0.122. The van der Waals surface area contributed by atoms with Crippen molar-refractivity contribution < 1.29 is 9.59 Å². The zero-order valence-electron chi connectivity index (χ0n) is 14.4. The van der Waals surface area contributed by atoms with Gasteiger partial charge in [-0.3, -0.25) is 14.5 Å². The van der Waals surface area contributed by atoms with E-state index in [9.17, 15) is 9.59 Å². The number of thioether (sulfide) groups is 1. The first-order chi connectivity index (χ1) is 11.6. The van der Waals surface area contributed by atoms with E-state index in [1.807, 2.05) is 13.2 Å². The van der Waals surface area contributed by atoms with Crippen molar-refractivity contribution in [3.05, 3.63) is 23.9 Å². The van der Waals surface area contributed by atoms with E-state index in [0.29, 0.717) is 12.1 Å². The minimum absolute atomic E-state index is 0.0633. The highest BCUT2D eigenvalue weighted by molar-refractivity contribution is 7.98. The molecule has 0 spiro atoms. The van der Waals surface area contributed by atoms with Gasteiger partial charge in [-0.15, -0.1) is 11.8 Å². The molecule has 132 valence electrons. The van der Waals surface area contributed by atoms with E-state index in [1.54, 1.807) is 18.3 Å². The van der Waals surface area contributed by atoms with E-state index in [2.05, 4.69) is 20.5 Å². The van der Waals surface area contributed by atoms with Gasteiger partial charge in [0.2, 0.25) is 5.91 Å². The van der Waals surface area contributed by atoms with E-state index in [-0.39, 0.29) is 17.9 Å². The van der Waals surface area contributed by atoms with Gasteiger partial charge in [0, 0.05) is 31.9 Å². The van der Waals surface area contributed by atoms with Gasteiger partial charge in [0.25, 0.3) is 5.91 Å². The minimum Gasteiger partial charge on any atom is -0.355 e. The van der Waals surface area contributed by atoms with E-state index < -0.39 is 0 Å². The quantitative estimate of drug-likeness (QED) is 0.730. The maximum absolute atomic E-state index is 12.4. The molecule has 0 bridgehead atoms. The molecule has 2 rings (SSSR count). The van der Waals surface area contributed by atoms with Crippen molar-refractivity contribution in [3.63, 3.8) is 0 Å². The smallest absolute Gasteiger partial charge is 0.254 e. The maximum Gasteiger partial charge on any atom is 0.254 e. The fourth-order valence-corrected chi connectivity index (χ4v) is 3.30. The first-order valence-corrected chi connectivity index (χ1v) is 9.65. The molecule has 0 radical (unpaired) electrons. The Hall–Kier alpha value is -1.60. The standard InChI is InChI=1S/C17H26N4O2S/c1-3-8-18-15(22)12-21-10-6-13(7-11-21)20-16(23)14-5-4-9-19-17(14)24-2/h4-5,9,13H,3,6-8,10-12H2,1-2H3,(H,18,22)(H,20,23). The molecular weight excluding hydrogens is 324 g/mol. The summed E-state index contributed by atoms with van der Waals surface area (Å²) in [5, 5.41) is 6.75. The van der Waals surface area contributed by atoms with Crippen LogP contribution in [0.5, 0.6) is 0 Å². The summed E-state index contributed by atoms with van der Waals surface area (Å²) in [6, 6.07) is 3.75. The van der Waals surface area contributed by atoms with Crippen LogP contribution in [0.25, 0.3) is 0 Å². The summed E-state index contributed by atoms with van der Waals surface area (Å²) >= 11 is 1.47. The molecular formula is C17H26N4O2S. The SMILES string of the molecule is CCCNC(=O)CN1CCC(NC(=O)c2cccnc2SC)CC1. The van der Waals surface area contributed by atoms with Crippen molar-refractivity contribution in [1.82, 2.24) is 20.5 Å². The number of rotatable bonds is 7. The molecule has 24 heavy (non-hydrogen) atoms. The third-order valence-corrected chi connectivity index (χ3v) is 4.78. The van der Waals surface area contributed by atoms with Gasteiger partial charge in [-0.05, 0) is 37.7 Å². The van der Waals surface area contributed by atoms with Crippen molar-refractivity contribution >= 4 is 23.6 Å².